The lowest BCUT2D eigenvalue weighted by Gasteiger charge is -2.29. The largest absolute Gasteiger partial charge is 0.392 e. The van der Waals surface area contributed by atoms with Crippen molar-refractivity contribution in [2.45, 2.75) is 13.2 Å². The first kappa shape index (κ1) is 15.8. The Kier molecular flexibility index (Phi) is 5.10. The van der Waals surface area contributed by atoms with E-state index in [-0.39, 0.29) is 12.4 Å². The van der Waals surface area contributed by atoms with Crippen LogP contribution in [0.15, 0.2) is 42.5 Å². The van der Waals surface area contributed by atoms with Gasteiger partial charge in [-0.1, -0.05) is 24.3 Å². The van der Waals surface area contributed by atoms with Crippen LogP contribution < -0.4 is 10.2 Å². The molecule has 0 aromatic heterocycles. The highest BCUT2D eigenvalue weighted by molar-refractivity contribution is 5.53. The molecule has 0 bridgehead atoms. The quantitative estimate of drug-likeness (QED) is 0.890. The van der Waals surface area contributed by atoms with Crippen molar-refractivity contribution < 1.29 is 14.2 Å². The molecular weight excluding hydrogens is 295 g/mol. The molecule has 23 heavy (non-hydrogen) atoms. The van der Waals surface area contributed by atoms with Crippen molar-refractivity contribution in [2.75, 3.05) is 36.5 Å². The molecule has 0 unspecified atom stereocenters. The number of para-hydroxylation sites is 1. The predicted molar refractivity (Wildman–Crippen MR) is 89.1 cm³/mol. The first-order valence-corrected chi connectivity index (χ1v) is 7.81. The van der Waals surface area contributed by atoms with E-state index >= 15 is 0 Å². The van der Waals surface area contributed by atoms with Gasteiger partial charge in [0.15, 0.2) is 0 Å². The number of nitrogens with zero attached hydrogens (tertiary/aromatic N) is 1. The molecule has 1 aliphatic rings. The van der Waals surface area contributed by atoms with Crippen molar-refractivity contribution in [3.63, 3.8) is 0 Å². The molecule has 2 aromatic carbocycles. The minimum atomic E-state index is -0.207. The molecule has 1 saturated heterocycles. The van der Waals surface area contributed by atoms with E-state index in [4.69, 9.17) is 4.74 Å². The van der Waals surface area contributed by atoms with Gasteiger partial charge in [0, 0.05) is 30.9 Å². The van der Waals surface area contributed by atoms with E-state index < -0.39 is 0 Å². The molecule has 3 rings (SSSR count). The van der Waals surface area contributed by atoms with E-state index in [9.17, 15) is 9.50 Å². The van der Waals surface area contributed by atoms with E-state index in [0.29, 0.717) is 25.4 Å². The third kappa shape index (κ3) is 3.81. The average Bonchev–Trinajstić information content (AvgIpc) is 2.61. The van der Waals surface area contributed by atoms with Crippen LogP contribution in [-0.4, -0.2) is 31.4 Å². The Labute approximate surface area is 135 Å². The Bertz CT molecular complexity index is 657. The van der Waals surface area contributed by atoms with Gasteiger partial charge in [-0.25, -0.2) is 4.39 Å². The fourth-order valence-electron chi connectivity index (χ4n) is 2.75. The molecule has 0 spiro atoms. The van der Waals surface area contributed by atoms with E-state index in [0.717, 1.165) is 29.9 Å². The molecule has 2 aromatic rings. The zero-order chi connectivity index (χ0) is 16.1. The second-order valence-electron chi connectivity index (χ2n) is 5.55. The summed E-state index contributed by atoms with van der Waals surface area (Å²) < 4.78 is 19.7. The molecule has 1 heterocycles. The van der Waals surface area contributed by atoms with Crippen molar-refractivity contribution in [3.05, 3.63) is 59.4 Å². The lowest BCUT2D eigenvalue weighted by atomic mass is 10.1. The maximum absolute atomic E-state index is 14.4. The summed E-state index contributed by atoms with van der Waals surface area (Å²) in [5.74, 6) is -0.207. The summed E-state index contributed by atoms with van der Waals surface area (Å²) in [6.07, 6.45) is 0. The minimum Gasteiger partial charge on any atom is -0.392 e. The third-order valence-corrected chi connectivity index (χ3v) is 4.03. The van der Waals surface area contributed by atoms with Gasteiger partial charge in [-0.3, -0.25) is 0 Å². The molecule has 0 atom stereocenters. The van der Waals surface area contributed by atoms with Gasteiger partial charge in [-0.05, 0) is 23.8 Å². The number of anilines is 2. The molecule has 0 amide bonds. The van der Waals surface area contributed by atoms with E-state index in [1.165, 1.54) is 0 Å². The summed E-state index contributed by atoms with van der Waals surface area (Å²) in [4.78, 5) is 2.01. The number of morpholine rings is 1. The fraction of sp³-hybridized carbons (Fsp3) is 0.333. The summed E-state index contributed by atoms with van der Waals surface area (Å²) in [6.45, 7) is 3.21. The van der Waals surface area contributed by atoms with Gasteiger partial charge < -0.3 is 20.1 Å². The smallest absolute Gasteiger partial charge is 0.146 e. The van der Waals surface area contributed by atoms with Crippen LogP contribution >= 0.6 is 0 Å². The summed E-state index contributed by atoms with van der Waals surface area (Å²) >= 11 is 0. The van der Waals surface area contributed by atoms with Crippen molar-refractivity contribution in [2.24, 2.45) is 0 Å². The van der Waals surface area contributed by atoms with Gasteiger partial charge in [-0.2, -0.15) is 0 Å². The van der Waals surface area contributed by atoms with Crippen LogP contribution in [0.1, 0.15) is 11.1 Å². The van der Waals surface area contributed by atoms with Gasteiger partial charge in [0.05, 0.1) is 25.5 Å². The second kappa shape index (κ2) is 7.44. The number of hydrogen-bond donors (Lipinski definition) is 2. The molecule has 1 aliphatic heterocycles. The molecule has 0 radical (unpaired) electrons. The third-order valence-electron chi connectivity index (χ3n) is 4.03. The highest BCUT2D eigenvalue weighted by atomic mass is 19.1. The van der Waals surface area contributed by atoms with Crippen LogP contribution in [0.25, 0.3) is 0 Å². The van der Waals surface area contributed by atoms with Crippen LogP contribution in [0.4, 0.5) is 15.8 Å². The molecule has 2 N–H and O–H groups in total. The van der Waals surface area contributed by atoms with E-state index in [1.807, 2.05) is 41.3 Å². The SMILES string of the molecule is OCc1ccccc1NCc1ccc(N2CCOCC2)c(F)c1. The summed E-state index contributed by atoms with van der Waals surface area (Å²) in [5, 5.41) is 12.6. The van der Waals surface area contributed by atoms with Crippen molar-refractivity contribution in [3.8, 4) is 0 Å². The summed E-state index contributed by atoms with van der Waals surface area (Å²) in [7, 11) is 0. The monoisotopic (exact) mass is 316 g/mol. The van der Waals surface area contributed by atoms with Gasteiger partial charge in [0.2, 0.25) is 0 Å². The normalized spacial score (nSPS) is 14.8. The van der Waals surface area contributed by atoms with Crippen LogP contribution in [-0.2, 0) is 17.9 Å². The maximum Gasteiger partial charge on any atom is 0.146 e. The van der Waals surface area contributed by atoms with Crippen LogP contribution in [0.3, 0.4) is 0 Å². The van der Waals surface area contributed by atoms with Gasteiger partial charge >= 0.3 is 0 Å². The summed E-state index contributed by atoms with van der Waals surface area (Å²) in [6, 6.07) is 12.9. The first-order valence-electron chi connectivity index (χ1n) is 7.81. The predicted octanol–water partition coefficient (Wildman–Crippen LogP) is 2.77. The topological polar surface area (TPSA) is 44.7 Å². The minimum absolute atomic E-state index is 0.0203. The maximum atomic E-state index is 14.4. The van der Waals surface area contributed by atoms with E-state index in [1.54, 1.807) is 6.07 Å². The Morgan fingerprint density at radius 1 is 1.13 bits per heavy atom. The number of aliphatic hydroxyl groups excluding tert-OH is 1. The molecule has 5 heteroatoms. The van der Waals surface area contributed by atoms with Crippen molar-refractivity contribution in [1.82, 2.24) is 0 Å². The first-order chi connectivity index (χ1) is 11.3. The number of hydrogen-bond acceptors (Lipinski definition) is 4. The van der Waals surface area contributed by atoms with Crippen molar-refractivity contribution in [1.29, 1.82) is 0 Å². The lowest BCUT2D eigenvalue weighted by Crippen LogP contribution is -2.36. The zero-order valence-electron chi connectivity index (χ0n) is 13.0. The highest BCUT2D eigenvalue weighted by Gasteiger charge is 2.15. The Morgan fingerprint density at radius 2 is 1.91 bits per heavy atom. The number of benzene rings is 2. The summed E-state index contributed by atoms with van der Waals surface area (Å²) in [5.41, 5.74) is 3.20. The molecule has 4 nitrogen and oxygen atoms in total. The van der Waals surface area contributed by atoms with E-state index in [2.05, 4.69) is 5.32 Å². The zero-order valence-corrected chi connectivity index (χ0v) is 13.0. The van der Waals surface area contributed by atoms with Crippen LogP contribution in [0.5, 0.6) is 0 Å². The molecule has 122 valence electrons. The number of rotatable bonds is 5. The van der Waals surface area contributed by atoms with Gasteiger partial charge in [-0.15, -0.1) is 0 Å². The second-order valence-corrected chi connectivity index (χ2v) is 5.55. The average molecular weight is 316 g/mol. The highest BCUT2D eigenvalue weighted by Crippen LogP contribution is 2.22. The Morgan fingerprint density at radius 3 is 2.65 bits per heavy atom. The number of halogens is 1. The Balaban J connectivity index is 1.68. The van der Waals surface area contributed by atoms with Crippen LogP contribution in [0, 0.1) is 5.82 Å². The number of ether oxygens (including phenoxy) is 1. The van der Waals surface area contributed by atoms with Crippen LogP contribution in [0.2, 0.25) is 0 Å². The molecular formula is C18H21FN2O2. The van der Waals surface area contributed by atoms with Crippen molar-refractivity contribution >= 4 is 11.4 Å². The fourth-order valence-corrected chi connectivity index (χ4v) is 2.75. The van der Waals surface area contributed by atoms with Gasteiger partial charge in [0.25, 0.3) is 0 Å². The molecule has 0 aliphatic carbocycles. The molecule has 1 fully saturated rings. The molecule has 0 saturated carbocycles. The lowest BCUT2D eigenvalue weighted by molar-refractivity contribution is 0.122. The number of nitrogens with one attached hydrogen (secondary N) is 1. The number of aliphatic hydroxyl groups is 1. The van der Waals surface area contributed by atoms with Gasteiger partial charge in [0.1, 0.15) is 5.82 Å². The Hall–Kier alpha value is -2.11. The standard InChI is InChI=1S/C18H21FN2O2/c19-16-11-14(5-6-18(16)21-7-9-23-10-8-21)12-20-17-4-2-1-3-15(17)13-22/h1-6,11,20,22H,7-10,12-13H2.